The van der Waals surface area contributed by atoms with Crippen LogP contribution < -0.4 is 0 Å². The summed E-state index contributed by atoms with van der Waals surface area (Å²) in [5.41, 5.74) is 1.09. The van der Waals surface area contributed by atoms with Gasteiger partial charge in [-0.3, -0.25) is 0 Å². The molecular formula is C12H25P. The monoisotopic (exact) mass is 200 g/mol. The van der Waals surface area contributed by atoms with Gasteiger partial charge in [0.2, 0.25) is 0 Å². The lowest BCUT2D eigenvalue weighted by Crippen LogP contribution is -2.09. The Kier molecular flexibility index (Phi) is 4.73. The van der Waals surface area contributed by atoms with Gasteiger partial charge in [-0.25, -0.2) is 0 Å². The molecule has 0 spiro atoms. The van der Waals surface area contributed by atoms with Gasteiger partial charge in [0.1, 0.15) is 0 Å². The Labute approximate surface area is 85.7 Å². The molecule has 0 amide bonds. The molecule has 0 radical (unpaired) electrons. The van der Waals surface area contributed by atoms with Crippen LogP contribution in [0.1, 0.15) is 46.5 Å². The van der Waals surface area contributed by atoms with E-state index >= 15 is 0 Å². The first-order valence-electron chi connectivity index (χ1n) is 5.80. The second kappa shape index (κ2) is 5.35. The van der Waals surface area contributed by atoms with E-state index in [0.29, 0.717) is 0 Å². The van der Waals surface area contributed by atoms with Crippen molar-refractivity contribution in [2.75, 3.05) is 6.66 Å². The van der Waals surface area contributed by atoms with Crippen molar-refractivity contribution in [3.8, 4) is 0 Å². The molecule has 0 aliphatic heterocycles. The lowest BCUT2D eigenvalue weighted by molar-refractivity contribution is 0.322. The van der Waals surface area contributed by atoms with E-state index in [4.69, 9.17) is 0 Å². The Hall–Kier alpha value is 0.430. The van der Waals surface area contributed by atoms with Crippen LogP contribution in [0.3, 0.4) is 0 Å². The lowest BCUT2D eigenvalue weighted by Gasteiger charge is -2.19. The number of hydrogen-bond acceptors (Lipinski definition) is 0. The summed E-state index contributed by atoms with van der Waals surface area (Å²) in [6, 6.07) is 0. The van der Waals surface area contributed by atoms with Gasteiger partial charge in [0.05, 0.1) is 0 Å². The lowest BCUT2D eigenvalue weighted by atomic mass is 9.87. The molecule has 4 atom stereocenters. The van der Waals surface area contributed by atoms with Gasteiger partial charge in [-0.05, 0) is 55.8 Å². The SMILES string of the molecule is CPC1CCC(CC(C)C(C)C)C1. The molecule has 1 heteroatoms. The summed E-state index contributed by atoms with van der Waals surface area (Å²) in [5, 5.41) is 0. The second-order valence-electron chi connectivity index (χ2n) is 5.12. The third-order valence-electron chi connectivity index (χ3n) is 3.79. The molecule has 0 aromatic rings. The topological polar surface area (TPSA) is 0 Å². The molecule has 0 bridgehead atoms. The Morgan fingerprint density at radius 2 is 1.92 bits per heavy atom. The third-order valence-corrected chi connectivity index (χ3v) is 5.13. The standard InChI is InChI=1S/C12H25P/c1-9(2)10(3)7-11-5-6-12(8-11)13-4/h9-13H,5-8H2,1-4H3. The highest BCUT2D eigenvalue weighted by Gasteiger charge is 2.25. The van der Waals surface area contributed by atoms with Crippen LogP contribution in [0.2, 0.25) is 0 Å². The first-order chi connectivity index (χ1) is 6.13. The molecule has 0 saturated heterocycles. The summed E-state index contributed by atoms with van der Waals surface area (Å²) in [6.07, 6.45) is 6.05. The molecule has 0 aromatic heterocycles. The molecule has 0 aromatic carbocycles. The first-order valence-corrected chi connectivity index (χ1v) is 7.38. The quantitative estimate of drug-likeness (QED) is 0.598. The maximum atomic E-state index is 2.42. The largest absolute Gasteiger partial charge is 0.122 e. The van der Waals surface area contributed by atoms with E-state index < -0.39 is 0 Å². The van der Waals surface area contributed by atoms with Gasteiger partial charge in [-0.15, -0.1) is 8.58 Å². The van der Waals surface area contributed by atoms with E-state index in [-0.39, 0.29) is 0 Å². The van der Waals surface area contributed by atoms with E-state index in [2.05, 4.69) is 27.4 Å². The third kappa shape index (κ3) is 3.58. The second-order valence-corrected chi connectivity index (χ2v) is 6.52. The number of rotatable bonds is 4. The summed E-state index contributed by atoms with van der Waals surface area (Å²) in [4.78, 5) is 0. The Balaban J connectivity index is 2.23. The van der Waals surface area contributed by atoms with Crippen molar-refractivity contribution in [1.29, 1.82) is 0 Å². The molecule has 1 fully saturated rings. The molecule has 0 heterocycles. The summed E-state index contributed by atoms with van der Waals surface area (Å²) in [5.74, 6) is 2.88. The molecule has 1 aliphatic carbocycles. The summed E-state index contributed by atoms with van der Waals surface area (Å²) in [6.45, 7) is 9.52. The zero-order chi connectivity index (χ0) is 9.84. The van der Waals surface area contributed by atoms with Crippen molar-refractivity contribution in [2.45, 2.75) is 52.1 Å². The van der Waals surface area contributed by atoms with Crippen LogP contribution in [-0.2, 0) is 0 Å². The molecule has 4 unspecified atom stereocenters. The van der Waals surface area contributed by atoms with Gasteiger partial charge in [-0.1, -0.05) is 20.8 Å². The molecule has 13 heavy (non-hydrogen) atoms. The Bertz CT molecular complexity index is 142. The van der Waals surface area contributed by atoms with Gasteiger partial charge < -0.3 is 0 Å². The summed E-state index contributed by atoms with van der Waals surface area (Å²) in [7, 11) is 1.19. The van der Waals surface area contributed by atoms with Crippen molar-refractivity contribution in [1.82, 2.24) is 0 Å². The van der Waals surface area contributed by atoms with Crippen LogP contribution in [0.25, 0.3) is 0 Å². The number of hydrogen-bond donors (Lipinski definition) is 0. The molecule has 1 saturated carbocycles. The molecular weight excluding hydrogens is 175 g/mol. The minimum absolute atomic E-state index is 0.878. The van der Waals surface area contributed by atoms with E-state index in [0.717, 1.165) is 23.4 Å². The van der Waals surface area contributed by atoms with Crippen LogP contribution in [0.5, 0.6) is 0 Å². The fourth-order valence-electron chi connectivity index (χ4n) is 2.35. The Morgan fingerprint density at radius 1 is 1.23 bits per heavy atom. The van der Waals surface area contributed by atoms with Crippen molar-refractivity contribution in [2.24, 2.45) is 17.8 Å². The fraction of sp³-hybridized carbons (Fsp3) is 1.00. The average Bonchev–Trinajstić information content (AvgIpc) is 2.52. The van der Waals surface area contributed by atoms with Crippen LogP contribution in [0.4, 0.5) is 0 Å². The predicted molar refractivity (Wildman–Crippen MR) is 64.0 cm³/mol. The highest BCUT2D eigenvalue weighted by molar-refractivity contribution is 7.37. The van der Waals surface area contributed by atoms with Gasteiger partial charge in [0.25, 0.3) is 0 Å². The van der Waals surface area contributed by atoms with Crippen molar-refractivity contribution in [3.63, 3.8) is 0 Å². The predicted octanol–water partition coefficient (Wildman–Crippen LogP) is 4.15. The zero-order valence-electron chi connectivity index (χ0n) is 9.64. The van der Waals surface area contributed by atoms with Crippen LogP contribution >= 0.6 is 8.58 Å². The van der Waals surface area contributed by atoms with Gasteiger partial charge in [0.15, 0.2) is 0 Å². The van der Waals surface area contributed by atoms with Crippen molar-refractivity contribution in [3.05, 3.63) is 0 Å². The summed E-state index contributed by atoms with van der Waals surface area (Å²) >= 11 is 0. The molecule has 1 rings (SSSR count). The van der Waals surface area contributed by atoms with Crippen LogP contribution in [0, 0.1) is 17.8 Å². The van der Waals surface area contributed by atoms with Gasteiger partial charge in [-0.2, -0.15) is 0 Å². The highest BCUT2D eigenvalue weighted by Crippen LogP contribution is 2.39. The molecule has 1 aliphatic rings. The van der Waals surface area contributed by atoms with Crippen molar-refractivity contribution >= 4 is 8.58 Å². The van der Waals surface area contributed by atoms with Gasteiger partial charge in [0, 0.05) is 0 Å². The normalized spacial score (nSPS) is 32.1. The maximum Gasteiger partial charge on any atom is -0.0236 e. The van der Waals surface area contributed by atoms with E-state index in [9.17, 15) is 0 Å². The highest BCUT2D eigenvalue weighted by atomic mass is 31.1. The minimum Gasteiger partial charge on any atom is -0.122 e. The van der Waals surface area contributed by atoms with Crippen molar-refractivity contribution < 1.29 is 0 Å². The summed E-state index contributed by atoms with van der Waals surface area (Å²) < 4.78 is 0. The fourth-order valence-corrected chi connectivity index (χ4v) is 3.37. The molecule has 0 nitrogen and oxygen atoms in total. The van der Waals surface area contributed by atoms with Crippen LogP contribution in [-0.4, -0.2) is 12.3 Å². The minimum atomic E-state index is 0.878. The smallest absolute Gasteiger partial charge is 0.0236 e. The first kappa shape index (κ1) is 11.5. The molecule has 0 N–H and O–H groups in total. The van der Waals surface area contributed by atoms with Crippen LogP contribution in [0.15, 0.2) is 0 Å². The molecule has 78 valence electrons. The van der Waals surface area contributed by atoms with E-state index in [1.165, 1.54) is 34.3 Å². The zero-order valence-corrected chi connectivity index (χ0v) is 10.6. The van der Waals surface area contributed by atoms with E-state index in [1.54, 1.807) is 0 Å². The van der Waals surface area contributed by atoms with Gasteiger partial charge >= 0.3 is 0 Å². The maximum absolute atomic E-state index is 2.42. The van der Waals surface area contributed by atoms with E-state index in [1.807, 2.05) is 0 Å². The average molecular weight is 200 g/mol. The Morgan fingerprint density at radius 3 is 2.38 bits per heavy atom.